The molecule has 3 fully saturated rings. The van der Waals surface area contributed by atoms with Gasteiger partial charge in [-0.3, -0.25) is 19.2 Å². The van der Waals surface area contributed by atoms with Crippen molar-refractivity contribution in [3.63, 3.8) is 0 Å². The van der Waals surface area contributed by atoms with Crippen molar-refractivity contribution in [1.82, 2.24) is 15.1 Å². The van der Waals surface area contributed by atoms with Crippen LogP contribution in [0, 0.1) is 11.8 Å². The molecule has 1 aromatic rings. The number of likely N-dealkylation sites (tertiary alicyclic amines) is 1. The van der Waals surface area contributed by atoms with Gasteiger partial charge < -0.3 is 34.4 Å². The number of nitrogens with one attached hydrogen (secondary N) is 1. The maximum absolute atomic E-state index is 14.2. The second-order valence-corrected chi connectivity index (χ2v) is 12.0. The maximum atomic E-state index is 14.2. The molecular weight excluding hydrogens is 578 g/mol. The van der Waals surface area contributed by atoms with Gasteiger partial charge in [0, 0.05) is 33.2 Å². The standard InChI is InChI=1S/C34H47N3O8/c1-5-8-15-26(39)35-24(22-43-4)29(23-13-11-10-12-14-23)44-33(42)27-25-16-17-34(45-25)28(27)31(40)37(20-21-38)30(34)32(41)36(18-7-3)19-9-6-2/h5,7,10-14,24-25,27-30,38H,1,3,6,8-9,15-22H2,2,4H3,(H,35,39)/t24-,25-,27+,28+,29-,30-,34+/m1/s1. The van der Waals surface area contributed by atoms with Gasteiger partial charge in [-0.25, -0.2) is 0 Å². The topological polar surface area (TPSA) is 135 Å². The van der Waals surface area contributed by atoms with Gasteiger partial charge >= 0.3 is 5.97 Å². The monoisotopic (exact) mass is 625 g/mol. The highest BCUT2D eigenvalue weighted by molar-refractivity contribution is 5.98. The number of hydrogen-bond acceptors (Lipinski definition) is 8. The van der Waals surface area contributed by atoms with Gasteiger partial charge in [0.15, 0.2) is 0 Å². The van der Waals surface area contributed by atoms with Crippen LogP contribution in [0.25, 0.3) is 0 Å². The van der Waals surface area contributed by atoms with Crippen LogP contribution in [-0.4, -0.2) is 102 Å². The Morgan fingerprint density at radius 2 is 2.00 bits per heavy atom. The average Bonchev–Trinajstić information content (AvgIpc) is 3.68. The third-order valence-corrected chi connectivity index (χ3v) is 9.09. The van der Waals surface area contributed by atoms with Crippen molar-refractivity contribution >= 4 is 23.7 Å². The SMILES string of the molecule is C=CCCC(=O)N[C@H](COC)[C@H](OC(=O)[C@@H]1[C@H]2C(=O)N(CCO)[C@H](C(=O)N(CC=C)CCCC)[C@]23CC[C@H]1O3)c1ccccc1. The third kappa shape index (κ3) is 7.00. The fourth-order valence-electron chi connectivity index (χ4n) is 7.14. The largest absolute Gasteiger partial charge is 0.455 e. The van der Waals surface area contributed by atoms with Crippen LogP contribution in [0.2, 0.25) is 0 Å². The van der Waals surface area contributed by atoms with Crippen molar-refractivity contribution in [2.75, 3.05) is 40.0 Å². The van der Waals surface area contributed by atoms with E-state index in [2.05, 4.69) is 18.5 Å². The van der Waals surface area contributed by atoms with Gasteiger partial charge in [0.2, 0.25) is 17.7 Å². The minimum Gasteiger partial charge on any atom is -0.455 e. The van der Waals surface area contributed by atoms with Gasteiger partial charge in [-0.2, -0.15) is 0 Å². The summed E-state index contributed by atoms with van der Waals surface area (Å²) in [5, 5.41) is 12.8. The molecule has 3 aliphatic rings. The molecule has 3 saturated heterocycles. The molecule has 3 amide bonds. The Morgan fingerprint density at radius 3 is 2.64 bits per heavy atom. The molecule has 0 radical (unpaired) electrons. The lowest BCUT2D eigenvalue weighted by molar-refractivity contribution is -0.163. The summed E-state index contributed by atoms with van der Waals surface area (Å²) in [7, 11) is 1.50. The van der Waals surface area contributed by atoms with E-state index in [1.165, 1.54) is 12.0 Å². The van der Waals surface area contributed by atoms with Gasteiger partial charge in [-0.1, -0.05) is 55.8 Å². The molecule has 0 aliphatic carbocycles. The first-order valence-electron chi connectivity index (χ1n) is 15.9. The molecule has 11 nitrogen and oxygen atoms in total. The molecule has 0 aromatic heterocycles. The van der Waals surface area contributed by atoms with E-state index in [1.54, 1.807) is 29.2 Å². The Kier molecular flexibility index (Phi) is 11.9. The van der Waals surface area contributed by atoms with Crippen LogP contribution in [0.4, 0.5) is 0 Å². The molecule has 45 heavy (non-hydrogen) atoms. The van der Waals surface area contributed by atoms with E-state index >= 15 is 0 Å². The zero-order chi connectivity index (χ0) is 32.6. The molecule has 11 heteroatoms. The number of aliphatic hydroxyl groups is 1. The number of ether oxygens (including phenoxy) is 3. The molecule has 2 bridgehead atoms. The summed E-state index contributed by atoms with van der Waals surface area (Å²) in [4.78, 5) is 58.2. The Morgan fingerprint density at radius 1 is 1.24 bits per heavy atom. The Balaban J connectivity index is 1.66. The number of aliphatic hydroxyl groups excluding tert-OH is 1. The molecule has 1 spiro atoms. The second-order valence-electron chi connectivity index (χ2n) is 12.0. The summed E-state index contributed by atoms with van der Waals surface area (Å²) >= 11 is 0. The molecule has 2 N–H and O–H groups in total. The summed E-state index contributed by atoms with van der Waals surface area (Å²) in [6, 6.07) is 7.38. The second kappa shape index (κ2) is 15.6. The first kappa shape index (κ1) is 34.3. The first-order valence-corrected chi connectivity index (χ1v) is 15.9. The van der Waals surface area contributed by atoms with Crippen LogP contribution < -0.4 is 5.32 Å². The Hall–Kier alpha value is -3.54. The molecule has 3 heterocycles. The highest BCUT2D eigenvalue weighted by Crippen LogP contribution is 2.59. The number of allylic oxidation sites excluding steroid dienone is 1. The molecule has 7 atom stereocenters. The number of hydrogen-bond donors (Lipinski definition) is 2. The smallest absolute Gasteiger partial charge is 0.313 e. The number of fused-ring (bicyclic) bond motifs is 1. The van der Waals surface area contributed by atoms with Gasteiger partial charge in [-0.05, 0) is 31.2 Å². The number of rotatable bonds is 18. The molecular formula is C34H47N3O8. The molecule has 246 valence electrons. The summed E-state index contributed by atoms with van der Waals surface area (Å²) in [5.41, 5.74) is -0.560. The number of benzene rings is 1. The van der Waals surface area contributed by atoms with E-state index in [1.807, 2.05) is 25.1 Å². The predicted molar refractivity (Wildman–Crippen MR) is 167 cm³/mol. The fraction of sp³-hybridized carbons (Fsp3) is 0.588. The Labute approximate surface area is 265 Å². The van der Waals surface area contributed by atoms with E-state index in [-0.39, 0.29) is 38.0 Å². The number of methoxy groups -OCH3 is 1. The quantitative estimate of drug-likeness (QED) is 0.188. The van der Waals surface area contributed by atoms with Gasteiger partial charge in [0.1, 0.15) is 17.7 Å². The van der Waals surface area contributed by atoms with Crippen molar-refractivity contribution < 1.29 is 38.5 Å². The van der Waals surface area contributed by atoms with E-state index in [9.17, 15) is 24.3 Å². The van der Waals surface area contributed by atoms with Crippen LogP contribution in [0.15, 0.2) is 55.6 Å². The lowest BCUT2D eigenvalue weighted by Gasteiger charge is -2.36. The highest BCUT2D eigenvalue weighted by atomic mass is 16.6. The average molecular weight is 626 g/mol. The van der Waals surface area contributed by atoms with E-state index in [4.69, 9.17) is 14.2 Å². The van der Waals surface area contributed by atoms with Crippen LogP contribution in [0.5, 0.6) is 0 Å². The molecule has 0 saturated carbocycles. The van der Waals surface area contributed by atoms with Crippen molar-refractivity contribution in [1.29, 1.82) is 0 Å². The highest BCUT2D eigenvalue weighted by Gasteiger charge is 2.75. The van der Waals surface area contributed by atoms with Crippen molar-refractivity contribution in [2.45, 2.75) is 75.3 Å². The molecule has 0 unspecified atom stereocenters. The van der Waals surface area contributed by atoms with E-state index in [0.717, 1.165) is 12.8 Å². The van der Waals surface area contributed by atoms with Crippen molar-refractivity contribution in [3.05, 3.63) is 61.2 Å². The van der Waals surface area contributed by atoms with Crippen LogP contribution in [-0.2, 0) is 33.4 Å². The lowest BCUT2D eigenvalue weighted by atomic mass is 9.70. The van der Waals surface area contributed by atoms with Crippen LogP contribution in [0.1, 0.15) is 57.1 Å². The van der Waals surface area contributed by atoms with E-state index in [0.29, 0.717) is 37.9 Å². The number of esters is 1. The van der Waals surface area contributed by atoms with Gasteiger partial charge in [0.25, 0.3) is 0 Å². The minimum atomic E-state index is -1.21. The van der Waals surface area contributed by atoms with Gasteiger partial charge in [0.05, 0.1) is 37.2 Å². The van der Waals surface area contributed by atoms with E-state index < -0.39 is 53.6 Å². The third-order valence-electron chi connectivity index (χ3n) is 9.09. The summed E-state index contributed by atoms with van der Waals surface area (Å²) < 4.78 is 18.1. The van der Waals surface area contributed by atoms with Crippen molar-refractivity contribution in [2.24, 2.45) is 11.8 Å². The number of unbranched alkanes of at least 4 members (excludes halogenated alkanes) is 1. The molecule has 1 aromatic carbocycles. The molecule has 3 aliphatic heterocycles. The van der Waals surface area contributed by atoms with Crippen molar-refractivity contribution in [3.8, 4) is 0 Å². The summed E-state index contributed by atoms with van der Waals surface area (Å²) in [6.45, 7) is 9.98. The number of amides is 3. The predicted octanol–water partition coefficient (Wildman–Crippen LogP) is 2.55. The van der Waals surface area contributed by atoms with Crippen LogP contribution in [0.3, 0.4) is 0 Å². The Bertz CT molecular complexity index is 1230. The zero-order valence-corrected chi connectivity index (χ0v) is 26.4. The fourth-order valence-corrected chi connectivity index (χ4v) is 7.14. The normalized spacial score (nSPS) is 26.2. The number of nitrogens with zero attached hydrogens (tertiary/aromatic N) is 2. The first-order chi connectivity index (χ1) is 21.8. The summed E-state index contributed by atoms with van der Waals surface area (Å²) in [6.07, 6.45) is 5.06. The zero-order valence-electron chi connectivity index (χ0n) is 26.4. The lowest BCUT2D eigenvalue weighted by Crippen LogP contribution is -2.56. The van der Waals surface area contributed by atoms with Gasteiger partial charge in [-0.15, -0.1) is 13.2 Å². The summed E-state index contributed by atoms with van der Waals surface area (Å²) in [5.74, 6) is -3.45. The number of β-amino-alcohol motifs (C(OH)–C–C–N with tert-alkyl or cyclic N) is 1. The van der Waals surface area contributed by atoms with Crippen LogP contribution >= 0.6 is 0 Å². The number of carbonyl (C=O) groups is 4. The molecule has 4 rings (SSSR count). The maximum Gasteiger partial charge on any atom is 0.313 e. The number of carbonyl (C=O) groups excluding carboxylic acids is 4. The minimum absolute atomic E-state index is 0.0573.